The molecule has 6 heteroatoms. The van der Waals surface area contributed by atoms with Crippen molar-refractivity contribution in [2.45, 2.75) is 38.3 Å². The van der Waals surface area contributed by atoms with Crippen LogP contribution in [0.1, 0.15) is 42.9 Å². The molecule has 0 atom stereocenters. The Morgan fingerprint density at radius 1 is 1.23 bits per heavy atom. The molecule has 130 valence electrons. The molecule has 0 radical (unpaired) electrons. The van der Waals surface area contributed by atoms with E-state index in [-0.39, 0.29) is 17.2 Å². The van der Waals surface area contributed by atoms with Gasteiger partial charge in [-0.1, -0.05) is 43.2 Å². The molecule has 1 fully saturated rings. The van der Waals surface area contributed by atoms with Gasteiger partial charge in [0.25, 0.3) is 5.56 Å². The topological polar surface area (TPSA) is 83.6 Å². The van der Waals surface area contributed by atoms with Crippen molar-refractivity contribution in [3.05, 3.63) is 64.1 Å². The number of nitrogens with one attached hydrogen (secondary N) is 1. The first kappa shape index (κ1) is 16.3. The van der Waals surface area contributed by atoms with Gasteiger partial charge < -0.3 is 5.32 Å². The highest BCUT2D eigenvalue weighted by atomic mass is 16.1. The third kappa shape index (κ3) is 3.04. The molecule has 3 aromatic rings. The zero-order valence-corrected chi connectivity index (χ0v) is 14.4. The number of rotatable bonds is 4. The van der Waals surface area contributed by atoms with Gasteiger partial charge in [-0.15, -0.1) is 0 Å². The number of benzene rings is 1. The Balaban J connectivity index is 1.75. The second-order valence-electron chi connectivity index (χ2n) is 6.59. The lowest BCUT2D eigenvalue weighted by Crippen LogP contribution is -2.27. The van der Waals surface area contributed by atoms with Crippen LogP contribution in [0.5, 0.6) is 0 Å². The molecule has 0 bridgehead atoms. The van der Waals surface area contributed by atoms with Crippen LogP contribution in [0.3, 0.4) is 0 Å². The number of pyridine rings is 1. The van der Waals surface area contributed by atoms with Gasteiger partial charge in [0.05, 0.1) is 0 Å². The summed E-state index contributed by atoms with van der Waals surface area (Å²) in [6, 6.07) is 13.7. The van der Waals surface area contributed by atoms with Crippen LogP contribution >= 0.6 is 0 Å². The van der Waals surface area contributed by atoms with Gasteiger partial charge in [-0.25, -0.2) is 4.98 Å². The summed E-state index contributed by atoms with van der Waals surface area (Å²) in [4.78, 5) is 21.7. The smallest absolute Gasteiger partial charge is 0.270 e. The molecule has 26 heavy (non-hydrogen) atoms. The van der Waals surface area contributed by atoms with Crippen molar-refractivity contribution in [3.63, 3.8) is 0 Å². The summed E-state index contributed by atoms with van der Waals surface area (Å²) in [7, 11) is 0. The van der Waals surface area contributed by atoms with E-state index < -0.39 is 0 Å². The van der Waals surface area contributed by atoms with Gasteiger partial charge in [0.2, 0.25) is 5.95 Å². The van der Waals surface area contributed by atoms with Crippen LogP contribution in [0, 0.1) is 11.3 Å². The van der Waals surface area contributed by atoms with E-state index in [0.717, 1.165) is 36.6 Å². The van der Waals surface area contributed by atoms with Crippen LogP contribution in [0.4, 0.5) is 5.95 Å². The van der Waals surface area contributed by atoms with Crippen molar-refractivity contribution in [2.24, 2.45) is 0 Å². The molecule has 0 spiro atoms. The van der Waals surface area contributed by atoms with Crippen molar-refractivity contribution in [3.8, 4) is 6.07 Å². The summed E-state index contributed by atoms with van der Waals surface area (Å²) < 4.78 is 1.70. The van der Waals surface area contributed by atoms with Gasteiger partial charge in [-0.3, -0.25) is 9.36 Å². The molecule has 0 saturated heterocycles. The Bertz CT molecular complexity index is 1030. The molecule has 1 aliphatic carbocycles. The molecule has 0 aliphatic heterocycles. The fourth-order valence-corrected chi connectivity index (χ4v) is 3.56. The highest BCUT2D eigenvalue weighted by Crippen LogP contribution is 2.30. The minimum atomic E-state index is -0.250. The second-order valence-corrected chi connectivity index (χ2v) is 6.59. The Labute approximate surface area is 151 Å². The van der Waals surface area contributed by atoms with E-state index in [1.807, 2.05) is 36.4 Å². The zero-order chi connectivity index (χ0) is 17.9. The van der Waals surface area contributed by atoms with Crippen LogP contribution in [0.15, 0.2) is 47.4 Å². The third-order valence-electron chi connectivity index (χ3n) is 4.88. The predicted octanol–water partition coefficient (Wildman–Crippen LogP) is 3.39. The first-order valence-electron chi connectivity index (χ1n) is 8.86. The number of hydrogen-bond donors (Lipinski definition) is 1. The van der Waals surface area contributed by atoms with Crippen LogP contribution < -0.4 is 10.9 Å². The van der Waals surface area contributed by atoms with Crippen LogP contribution in [0.2, 0.25) is 0 Å². The fourth-order valence-electron chi connectivity index (χ4n) is 3.56. The lowest BCUT2D eigenvalue weighted by atomic mass is 10.2. The van der Waals surface area contributed by atoms with Gasteiger partial charge in [0.1, 0.15) is 17.3 Å². The van der Waals surface area contributed by atoms with Crippen molar-refractivity contribution in [1.29, 1.82) is 5.26 Å². The quantitative estimate of drug-likeness (QED) is 0.783. The van der Waals surface area contributed by atoms with Crippen molar-refractivity contribution < 1.29 is 0 Å². The molecule has 1 aromatic carbocycles. The molecular weight excluding hydrogens is 326 g/mol. The Kier molecular flexibility index (Phi) is 4.36. The molecule has 2 heterocycles. The largest absolute Gasteiger partial charge is 0.350 e. The summed E-state index contributed by atoms with van der Waals surface area (Å²) in [5, 5.41) is 13.2. The minimum Gasteiger partial charge on any atom is -0.350 e. The highest BCUT2D eigenvalue weighted by molar-refractivity contribution is 5.77. The summed E-state index contributed by atoms with van der Waals surface area (Å²) >= 11 is 0. The molecular formula is C20H19N5O. The van der Waals surface area contributed by atoms with Crippen LogP contribution in [-0.2, 0) is 6.54 Å². The number of nitrogens with zero attached hydrogens (tertiary/aromatic N) is 4. The molecule has 1 saturated carbocycles. The molecule has 4 rings (SSSR count). The summed E-state index contributed by atoms with van der Waals surface area (Å²) in [6.45, 7) is 0.607. The summed E-state index contributed by atoms with van der Waals surface area (Å²) in [5.41, 5.74) is 1.63. The summed E-state index contributed by atoms with van der Waals surface area (Å²) in [6.07, 6.45) is 5.77. The van der Waals surface area contributed by atoms with E-state index in [9.17, 15) is 10.1 Å². The maximum Gasteiger partial charge on any atom is 0.270 e. The van der Waals surface area contributed by atoms with Crippen LogP contribution in [-0.4, -0.2) is 14.5 Å². The maximum absolute atomic E-state index is 12.8. The van der Waals surface area contributed by atoms with Crippen molar-refractivity contribution in [1.82, 2.24) is 14.5 Å². The van der Waals surface area contributed by atoms with Gasteiger partial charge in [-0.2, -0.15) is 10.2 Å². The van der Waals surface area contributed by atoms with Crippen LogP contribution in [0.25, 0.3) is 11.0 Å². The number of nitriles is 1. The molecule has 1 aliphatic rings. The predicted molar refractivity (Wildman–Crippen MR) is 99.8 cm³/mol. The Morgan fingerprint density at radius 3 is 2.73 bits per heavy atom. The number of fused-ring (bicyclic) bond motifs is 1. The average Bonchev–Trinajstić information content (AvgIpc) is 3.21. The fraction of sp³-hybridized carbons (Fsp3) is 0.300. The molecule has 0 amide bonds. The van der Waals surface area contributed by atoms with Gasteiger partial charge in [-0.05, 0) is 24.5 Å². The normalized spacial score (nSPS) is 14.4. The van der Waals surface area contributed by atoms with Gasteiger partial charge in [0, 0.05) is 24.2 Å². The summed E-state index contributed by atoms with van der Waals surface area (Å²) in [5.74, 6) is 0.484. The van der Waals surface area contributed by atoms with Crippen molar-refractivity contribution >= 4 is 17.0 Å². The monoisotopic (exact) mass is 345 g/mol. The van der Waals surface area contributed by atoms with E-state index in [1.165, 1.54) is 0 Å². The van der Waals surface area contributed by atoms with E-state index in [4.69, 9.17) is 0 Å². The molecule has 1 N–H and O–H groups in total. The van der Waals surface area contributed by atoms with Crippen molar-refractivity contribution in [2.75, 3.05) is 5.32 Å². The second kappa shape index (κ2) is 6.96. The maximum atomic E-state index is 12.8. The lowest BCUT2D eigenvalue weighted by Gasteiger charge is -2.17. The molecule has 2 aromatic heterocycles. The average molecular weight is 345 g/mol. The molecule has 6 nitrogen and oxygen atoms in total. The van der Waals surface area contributed by atoms with E-state index >= 15 is 0 Å². The van der Waals surface area contributed by atoms with E-state index in [2.05, 4.69) is 15.3 Å². The lowest BCUT2D eigenvalue weighted by molar-refractivity contribution is 0.515. The Hall–Kier alpha value is -3.20. The van der Waals surface area contributed by atoms with E-state index in [1.54, 1.807) is 16.8 Å². The zero-order valence-electron chi connectivity index (χ0n) is 14.4. The first-order chi connectivity index (χ1) is 12.8. The number of aromatic nitrogens is 3. The highest BCUT2D eigenvalue weighted by Gasteiger charge is 2.22. The number of hydrogen-bond acceptors (Lipinski definition) is 5. The van der Waals surface area contributed by atoms with Gasteiger partial charge >= 0.3 is 0 Å². The first-order valence-corrected chi connectivity index (χ1v) is 8.86. The third-order valence-corrected chi connectivity index (χ3v) is 4.88. The standard InChI is InChI=1S/C20H19N5O/c21-11-15-10-16-13-23-20(22-12-14-6-2-1-3-7-14)24-18(16)25(19(15)26)17-8-4-5-9-17/h1-3,6-7,10,13,17H,4-5,8-9,12H2,(H,22,23,24). The minimum absolute atomic E-state index is 0.107. The Morgan fingerprint density at radius 2 is 2.00 bits per heavy atom. The van der Waals surface area contributed by atoms with E-state index in [0.29, 0.717) is 18.1 Å². The van der Waals surface area contributed by atoms with Gasteiger partial charge in [0.15, 0.2) is 0 Å². The molecule has 0 unspecified atom stereocenters. The SMILES string of the molecule is N#Cc1cc2cnc(NCc3ccccc3)nc2n(C2CCCC2)c1=O. The number of anilines is 1.